The molecule has 0 radical (unpaired) electrons. The van der Waals surface area contributed by atoms with Crippen molar-refractivity contribution in [2.24, 2.45) is 10.8 Å². The van der Waals surface area contributed by atoms with Crippen molar-refractivity contribution in [3.05, 3.63) is 0 Å². The van der Waals surface area contributed by atoms with Gasteiger partial charge in [-0.3, -0.25) is 4.79 Å². The van der Waals surface area contributed by atoms with Gasteiger partial charge in [0.25, 0.3) is 0 Å². The molecule has 0 rings (SSSR count). The van der Waals surface area contributed by atoms with Crippen LogP contribution in [0.3, 0.4) is 0 Å². The maximum Gasteiger partial charge on any atom is 0.163 e. The van der Waals surface area contributed by atoms with Gasteiger partial charge in [-0.05, 0) is 5.41 Å². The summed E-state index contributed by atoms with van der Waals surface area (Å²) in [4.78, 5) is 11.4. The van der Waals surface area contributed by atoms with E-state index in [1.54, 1.807) is 0 Å². The lowest BCUT2D eigenvalue weighted by Crippen LogP contribution is -2.27. The molecule has 0 unspecified atom stereocenters. The fraction of sp³-hybridized carbons (Fsp3) is 0.909. The van der Waals surface area contributed by atoms with E-state index in [2.05, 4.69) is 20.8 Å². The Morgan fingerprint density at radius 3 is 1.85 bits per heavy atom. The van der Waals surface area contributed by atoms with Crippen molar-refractivity contribution in [2.75, 3.05) is 13.2 Å². The number of Topliss-reactive ketones (excluding diaryl/α,β-unsaturated/α-hetero) is 1. The monoisotopic (exact) mass is 186 g/mol. The number of ether oxygens (including phenoxy) is 1. The largest absolute Gasteiger partial charge is 0.373 e. The number of carbonyl (C=O) groups is 1. The predicted octanol–water partition coefficient (Wildman–Crippen LogP) is 2.66. The summed E-state index contributed by atoms with van der Waals surface area (Å²) in [5.74, 6) is 0.164. The van der Waals surface area contributed by atoms with Crippen LogP contribution < -0.4 is 0 Å². The first-order valence-corrected chi connectivity index (χ1v) is 4.74. The highest BCUT2D eigenvalue weighted by molar-refractivity contribution is 5.84. The second-order valence-corrected chi connectivity index (χ2v) is 5.73. The summed E-state index contributed by atoms with van der Waals surface area (Å²) in [5.41, 5.74) is -0.143. The van der Waals surface area contributed by atoms with Crippen molar-refractivity contribution in [1.82, 2.24) is 0 Å². The summed E-state index contributed by atoms with van der Waals surface area (Å²) in [5, 5.41) is 0. The van der Waals surface area contributed by atoms with Crippen molar-refractivity contribution in [3.8, 4) is 0 Å². The van der Waals surface area contributed by atoms with Gasteiger partial charge >= 0.3 is 0 Å². The van der Waals surface area contributed by atoms with Crippen LogP contribution in [-0.2, 0) is 9.53 Å². The zero-order valence-electron chi connectivity index (χ0n) is 9.73. The van der Waals surface area contributed by atoms with Crippen LogP contribution in [0, 0.1) is 10.8 Å². The van der Waals surface area contributed by atoms with Crippen LogP contribution in [0.2, 0.25) is 0 Å². The maximum atomic E-state index is 11.4. The topological polar surface area (TPSA) is 26.3 Å². The molecule has 0 bridgehead atoms. The fourth-order valence-electron chi connectivity index (χ4n) is 0.666. The summed E-state index contributed by atoms with van der Waals surface area (Å²) >= 11 is 0. The Hall–Kier alpha value is -0.370. The molecule has 0 saturated heterocycles. The van der Waals surface area contributed by atoms with Crippen molar-refractivity contribution in [3.63, 3.8) is 0 Å². The molecule has 0 spiro atoms. The van der Waals surface area contributed by atoms with Gasteiger partial charge in [0.05, 0.1) is 6.61 Å². The van der Waals surface area contributed by atoms with Gasteiger partial charge in [-0.2, -0.15) is 0 Å². The van der Waals surface area contributed by atoms with Crippen molar-refractivity contribution < 1.29 is 9.53 Å². The predicted molar refractivity (Wildman–Crippen MR) is 54.7 cm³/mol. The second-order valence-electron chi connectivity index (χ2n) is 5.73. The molecular formula is C11H22O2. The van der Waals surface area contributed by atoms with Gasteiger partial charge in [-0.15, -0.1) is 0 Å². The molecule has 0 aromatic heterocycles. The molecule has 0 aromatic carbocycles. The average Bonchev–Trinajstić information content (AvgIpc) is 1.82. The Labute approximate surface area is 81.7 Å². The quantitative estimate of drug-likeness (QED) is 0.677. The Bertz CT molecular complexity index is 170. The summed E-state index contributed by atoms with van der Waals surface area (Å²) in [6.07, 6.45) is 0. The minimum absolute atomic E-state index is 0.137. The molecule has 0 heterocycles. The van der Waals surface area contributed by atoms with Crippen LogP contribution in [0.15, 0.2) is 0 Å². The first-order valence-electron chi connectivity index (χ1n) is 4.74. The molecular weight excluding hydrogens is 164 g/mol. The van der Waals surface area contributed by atoms with Crippen LogP contribution in [0.1, 0.15) is 41.5 Å². The van der Waals surface area contributed by atoms with E-state index in [0.29, 0.717) is 6.61 Å². The van der Waals surface area contributed by atoms with Crippen LogP contribution in [0.4, 0.5) is 0 Å². The Morgan fingerprint density at radius 1 is 1.08 bits per heavy atom. The lowest BCUT2D eigenvalue weighted by molar-refractivity contribution is -0.131. The van der Waals surface area contributed by atoms with Crippen LogP contribution >= 0.6 is 0 Å². The minimum atomic E-state index is -0.280. The zero-order chi connectivity index (χ0) is 10.7. The normalized spacial score (nSPS) is 13.1. The Kier molecular flexibility index (Phi) is 4.11. The molecule has 0 amide bonds. The highest BCUT2D eigenvalue weighted by atomic mass is 16.5. The molecule has 0 aliphatic heterocycles. The third-order valence-corrected chi connectivity index (χ3v) is 1.60. The van der Waals surface area contributed by atoms with Crippen LogP contribution in [0.5, 0.6) is 0 Å². The van der Waals surface area contributed by atoms with Crippen molar-refractivity contribution >= 4 is 5.78 Å². The summed E-state index contributed by atoms with van der Waals surface area (Å²) in [6.45, 7) is 12.9. The number of rotatable bonds is 3. The molecule has 13 heavy (non-hydrogen) atoms. The average molecular weight is 186 g/mol. The smallest absolute Gasteiger partial charge is 0.163 e. The number of carbonyl (C=O) groups excluding carboxylic acids is 1. The number of ketones is 1. The lowest BCUT2D eigenvalue weighted by Gasteiger charge is -2.20. The molecule has 2 nitrogen and oxygen atoms in total. The SMILES string of the molecule is CC(C)(C)COCC(=O)C(C)(C)C. The molecule has 0 atom stereocenters. The van der Waals surface area contributed by atoms with Gasteiger partial charge in [-0.25, -0.2) is 0 Å². The van der Waals surface area contributed by atoms with Crippen LogP contribution in [-0.4, -0.2) is 19.0 Å². The standard InChI is InChI=1S/C11H22O2/c1-10(2,3)8-13-7-9(12)11(4,5)6/h7-8H2,1-6H3. The summed E-state index contributed by atoms with van der Waals surface area (Å²) < 4.78 is 5.34. The molecule has 0 N–H and O–H groups in total. The molecule has 0 aromatic rings. The molecule has 2 heteroatoms. The summed E-state index contributed by atoms with van der Waals surface area (Å²) in [7, 11) is 0. The maximum absolute atomic E-state index is 11.4. The van der Waals surface area contributed by atoms with E-state index in [0.717, 1.165) is 0 Å². The van der Waals surface area contributed by atoms with E-state index in [1.165, 1.54) is 0 Å². The van der Waals surface area contributed by atoms with Gasteiger partial charge in [0.15, 0.2) is 5.78 Å². The van der Waals surface area contributed by atoms with Gasteiger partial charge < -0.3 is 4.74 Å². The van der Waals surface area contributed by atoms with E-state index in [-0.39, 0.29) is 23.2 Å². The molecule has 0 fully saturated rings. The van der Waals surface area contributed by atoms with E-state index < -0.39 is 0 Å². The highest BCUT2D eigenvalue weighted by Gasteiger charge is 2.21. The van der Waals surface area contributed by atoms with Crippen molar-refractivity contribution in [2.45, 2.75) is 41.5 Å². The molecule has 78 valence electrons. The molecule has 0 aliphatic carbocycles. The highest BCUT2D eigenvalue weighted by Crippen LogP contribution is 2.16. The molecule has 0 saturated carbocycles. The Balaban J connectivity index is 3.74. The van der Waals surface area contributed by atoms with Gasteiger partial charge in [0, 0.05) is 5.41 Å². The Morgan fingerprint density at radius 2 is 1.54 bits per heavy atom. The zero-order valence-corrected chi connectivity index (χ0v) is 9.73. The first-order chi connectivity index (χ1) is 5.63. The summed E-state index contributed by atoms with van der Waals surface area (Å²) in [6, 6.07) is 0. The molecule has 0 aliphatic rings. The van der Waals surface area contributed by atoms with Gasteiger partial charge in [-0.1, -0.05) is 41.5 Å². The third kappa shape index (κ3) is 6.76. The van der Waals surface area contributed by atoms with E-state index in [1.807, 2.05) is 20.8 Å². The second kappa shape index (κ2) is 4.23. The fourth-order valence-corrected chi connectivity index (χ4v) is 0.666. The van der Waals surface area contributed by atoms with Crippen molar-refractivity contribution in [1.29, 1.82) is 0 Å². The van der Waals surface area contributed by atoms with E-state index in [9.17, 15) is 4.79 Å². The third-order valence-electron chi connectivity index (χ3n) is 1.60. The number of hydrogen-bond donors (Lipinski definition) is 0. The minimum Gasteiger partial charge on any atom is -0.373 e. The van der Waals surface area contributed by atoms with E-state index in [4.69, 9.17) is 4.74 Å². The lowest BCUT2D eigenvalue weighted by atomic mass is 9.91. The van der Waals surface area contributed by atoms with E-state index >= 15 is 0 Å². The first kappa shape index (κ1) is 12.6. The van der Waals surface area contributed by atoms with Gasteiger partial charge in [0.1, 0.15) is 6.61 Å². The van der Waals surface area contributed by atoms with Gasteiger partial charge in [0.2, 0.25) is 0 Å². The van der Waals surface area contributed by atoms with Crippen LogP contribution in [0.25, 0.3) is 0 Å². The number of hydrogen-bond acceptors (Lipinski definition) is 2.